The van der Waals surface area contributed by atoms with E-state index in [9.17, 15) is 0 Å². The molecule has 0 bridgehead atoms. The first kappa shape index (κ1) is 23.2. The molecule has 0 spiro atoms. The summed E-state index contributed by atoms with van der Waals surface area (Å²) in [5.74, 6) is 3.53. The van der Waals surface area contributed by atoms with Crippen LogP contribution in [0, 0.1) is 0 Å². The van der Waals surface area contributed by atoms with Gasteiger partial charge in [0, 0.05) is 41.5 Å². The van der Waals surface area contributed by atoms with Gasteiger partial charge in [-0.25, -0.2) is 19.9 Å². The summed E-state index contributed by atoms with van der Waals surface area (Å²) in [6, 6.07) is 11.1. The van der Waals surface area contributed by atoms with Gasteiger partial charge in [0.2, 0.25) is 11.9 Å². The zero-order valence-corrected chi connectivity index (χ0v) is 20.5. The molecule has 10 nitrogen and oxygen atoms in total. The van der Waals surface area contributed by atoms with Crippen LogP contribution in [0.5, 0.6) is 23.0 Å². The molecule has 2 N–H and O–H groups in total. The number of aryl methyl sites for hydroxylation is 2. The Morgan fingerprint density at radius 3 is 1.78 bits per heavy atom. The standard InChI is InChI=1S/C26H26N6O4/c1-33-20-9-6-16(11-22(20)35-3)29-25-28-14-18-19(31-25)8-5-15-13-27-26(32-24(15)18)30-17-7-10-21(34-2)23(12-17)36-4/h6-7,9-14H,5,8H2,1-4H3,(H,27,30,32)(H,28,29,31). The molecular weight excluding hydrogens is 460 g/mol. The lowest BCUT2D eigenvalue weighted by molar-refractivity contribution is 0.355. The van der Waals surface area contributed by atoms with Crippen LogP contribution in [0.4, 0.5) is 23.3 Å². The molecule has 0 atom stereocenters. The maximum atomic E-state index is 5.39. The van der Waals surface area contributed by atoms with Gasteiger partial charge in [0.25, 0.3) is 0 Å². The van der Waals surface area contributed by atoms with Crippen molar-refractivity contribution in [2.24, 2.45) is 0 Å². The van der Waals surface area contributed by atoms with Crippen molar-refractivity contribution < 1.29 is 18.9 Å². The fourth-order valence-corrected chi connectivity index (χ4v) is 4.09. The van der Waals surface area contributed by atoms with E-state index < -0.39 is 0 Å². The van der Waals surface area contributed by atoms with Crippen molar-refractivity contribution in [3.05, 3.63) is 60.0 Å². The molecule has 0 aliphatic heterocycles. The van der Waals surface area contributed by atoms with Crippen molar-refractivity contribution in [1.29, 1.82) is 0 Å². The second kappa shape index (κ2) is 9.95. The number of benzene rings is 2. The van der Waals surface area contributed by atoms with Crippen LogP contribution in [-0.4, -0.2) is 48.4 Å². The number of ether oxygens (including phenoxy) is 4. The summed E-state index contributed by atoms with van der Waals surface area (Å²) < 4.78 is 21.4. The minimum atomic E-state index is 0.473. The Labute approximate surface area is 208 Å². The lowest BCUT2D eigenvalue weighted by Crippen LogP contribution is -2.12. The Hall–Kier alpha value is -4.60. The highest BCUT2D eigenvalue weighted by Crippen LogP contribution is 2.35. The van der Waals surface area contributed by atoms with E-state index in [0.29, 0.717) is 34.9 Å². The van der Waals surface area contributed by atoms with E-state index in [-0.39, 0.29) is 0 Å². The van der Waals surface area contributed by atoms with E-state index in [2.05, 4.69) is 20.6 Å². The first-order valence-electron chi connectivity index (χ1n) is 11.3. The number of hydrogen-bond donors (Lipinski definition) is 2. The van der Waals surface area contributed by atoms with E-state index in [0.717, 1.165) is 46.7 Å². The Morgan fingerprint density at radius 1 is 0.639 bits per heavy atom. The average molecular weight is 487 g/mol. The van der Waals surface area contributed by atoms with Crippen LogP contribution in [0.3, 0.4) is 0 Å². The Kier molecular flexibility index (Phi) is 6.40. The maximum Gasteiger partial charge on any atom is 0.227 e. The van der Waals surface area contributed by atoms with E-state index >= 15 is 0 Å². The van der Waals surface area contributed by atoms with Gasteiger partial charge >= 0.3 is 0 Å². The van der Waals surface area contributed by atoms with Crippen LogP contribution in [0.25, 0.3) is 11.3 Å². The van der Waals surface area contributed by atoms with Gasteiger partial charge in [-0.15, -0.1) is 0 Å². The molecule has 0 saturated heterocycles. The Bertz CT molecular complexity index is 1410. The molecular formula is C26H26N6O4. The zero-order chi connectivity index (χ0) is 25.1. The highest BCUT2D eigenvalue weighted by Gasteiger charge is 2.21. The average Bonchev–Trinajstić information content (AvgIpc) is 2.92. The third kappa shape index (κ3) is 4.52. The molecule has 2 aromatic heterocycles. The van der Waals surface area contributed by atoms with Gasteiger partial charge in [-0.2, -0.15) is 0 Å². The summed E-state index contributed by atoms with van der Waals surface area (Å²) in [6.45, 7) is 0. The fourth-order valence-electron chi connectivity index (χ4n) is 4.09. The number of hydrogen-bond acceptors (Lipinski definition) is 10. The van der Waals surface area contributed by atoms with Crippen LogP contribution in [0.15, 0.2) is 48.8 Å². The molecule has 184 valence electrons. The summed E-state index contributed by atoms with van der Waals surface area (Å²) in [5.41, 5.74) is 5.29. The van der Waals surface area contributed by atoms with Gasteiger partial charge in [-0.05, 0) is 42.7 Å². The van der Waals surface area contributed by atoms with Crippen molar-refractivity contribution in [2.45, 2.75) is 12.8 Å². The summed E-state index contributed by atoms with van der Waals surface area (Å²) in [4.78, 5) is 18.6. The summed E-state index contributed by atoms with van der Waals surface area (Å²) >= 11 is 0. The normalized spacial score (nSPS) is 11.7. The predicted molar refractivity (Wildman–Crippen MR) is 136 cm³/mol. The van der Waals surface area contributed by atoms with Gasteiger partial charge in [-0.1, -0.05) is 0 Å². The van der Waals surface area contributed by atoms with Crippen molar-refractivity contribution in [3.8, 4) is 34.3 Å². The van der Waals surface area contributed by atoms with Crippen LogP contribution in [-0.2, 0) is 12.8 Å². The smallest absolute Gasteiger partial charge is 0.227 e. The highest BCUT2D eigenvalue weighted by molar-refractivity contribution is 5.70. The molecule has 36 heavy (non-hydrogen) atoms. The van der Waals surface area contributed by atoms with Crippen molar-refractivity contribution >= 4 is 23.3 Å². The van der Waals surface area contributed by atoms with E-state index in [4.69, 9.17) is 28.9 Å². The van der Waals surface area contributed by atoms with E-state index in [1.807, 2.05) is 42.6 Å². The lowest BCUT2D eigenvalue weighted by Gasteiger charge is -2.19. The SMILES string of the molecule is COc1ccc(Nc2ncc3c(n2)CCc2cnc(Nc4ccc(OC)c(OC)c4)nc2-3)cc1OC. The number of anilines is 4. The number of fused-ring (bicyclic) bond motifs is 3. The van der Waals surface area contributed by atoms with Gasteiger partial charge < -0.3 is 29.6 Å². The van der Waals surface area contributed by atoms with E-state index in [1.165, 1.54) is 0 Å². The van der Waals surface area contributed by atoms with Crippen molar-refractivity contribution in [3.63, 3.8) is 0 Å². The summed E-state index contributed by atoms with van der Waals surface area (Å²) in [6.07, 6.45) is 5.23. The predicted octanol–water partition coefficient (Wildman–Crippen LogP) is 4.55. The van der Waals surface area contributed by atoms with Gasteiger partial charge in [-0.3, -0.25) is 0 Å². The number of methoxy groups -OCH3 is 4. The number of nitrogens with one attached hydrogen (secondary N) is 2. The molecule has 5 rings (SSSR count). The molecule has 0 amide bonds. The second-order valence-corrected chi connectivity index (χ2v) is 8.01. The van der Waals surface area contributed by atoms with Crippen molar-refractivity contribution in [2.75, 3.05) is 39.1 Å². The largest absolute Gasteiger partial charge is 0.493 e. The van der Waals surface area contributed by atoms with Gasteiger partial charge in [0.05, 0.1) is 39.8 Å². The maximum absolute atomic E-state index is 5.39. The van der Waals surface area contributed by atoms with Crippen LogP contribution in [0.2, 0.25) is 0 Å². The molecule has 0 unspecified atom stereocenters. The molecule has 4 aromatic rings. The highest BCUT2D eigenvalue weighted by atomic mass is 16.5. The molecule has 0 saturated carbocycles. The third-order valence-electron chi connectivity index (χ3n) is 5.90. The molecule has 1 aliphatic carbocycles. The number of aromatic nitrogens is 4. The third-order valence-corrected chi connectivity index (χ3v) is 5.90. The molecule has 1 aliphatic rings. The molecule has 2 heterocycles. The number of nitrogens with zero attached hydrogens (tertiary/aromatic N) is 4. The van der Waals surface area contributed by atoms with Crippen LogP contribution >= 0.6 is 0 Å². The topological polar surface area (TPSA) is 113 Å². The Balaban J connectivity index is 1.39. The second-order valence-electron chi connectivity index (χ2n) is 8.01. The summed E-state index contributed by atoms with van der Waals surface area (Å²) in [5, 5.41) is 6.49. The molecule has 0 fully saturated rings. The first-order valence-corrected chi connectivity index (χ1v) is 11.3. The minimum Gasteiger partial charge on any atom is -0.493 e. The monoisotopic (exact) mass is 486 g/mol. The minimum absolute atomic E-state index is 0.473. The van der Waals surface area contributed by atoms with Crippen LogP contribution < -0.4 is 29.6 Å². The first-order chi connectivity index (χ1) is 17.6. The quantitative estimate of drug-likeness (QED) is 0.368. The van der Waals surface area contributed by atoms with Gasteiger partial charge in [0.1, 0.15) is 0 Å². The van der Waals surface area contributed by atoms with E-state index in [1.54, 1.807) is 34.6 Å². The molecule has 10 heteroatoms. The zero-order valence-electron chi connectivity index (χ0n) is 20.5. The fraction of sp³-hybridized carbons (Fsp3) is 0.231. The lowest BCUT2D eigenvalue weighted by atomic mass is 9.95. The van der Waals surface area contributed by atoms with Gasteiger partial charge in [0.15, 0.2) is 23.0 Å². The molecule has 0 radical (unpaired) electrons. The van der Waals surface area contributed by atoms with Crippen molar-refractivity contribution in [1.82, 2.24) is 19.9 Å². The number of rotatable bonds is 8. The van der Waals surface area contributed by atoms with Crippen LogP contribution in [0.1, 0.15) is 11.3 Å². The summed E-state index contributed by atoms with van der Waals surface area (Å²) in [7, 11) is 6.41. The Morgan fingerprint density at radius 2 is 1.19 bits per heavy atom. The molecule has 2 aromatic carbocycles.